The molecule has 0 heterocycles. The topological polar surface area (TPSA) is 9.23 Å². The second kappa shape index (κ2) is 12.6. The summed E-state index contributed by atoms with van der Waals surface area (Å²) in [7, 11) is -3.52. The van der Waals surface area contributed by atoms with Crippen LogP contribution in [0.15, 0.2) is 200 Å². The van der Waals surface area contributed by atoms with E-state index >= 15 is 0 Å². The molecule has 0 unspecified atom stereocenters. The van der Waals surface area contributed by atoms with Crippen LogP contribution < -0.4 is 36.4 Å². The van der Waals surface area contributed by atoms with Crippen molar-refractivity contribution in [2.45, 2.75) is 0 Å². The van der Waals surface area contributed by atoms with Gasteiger partial charge in [0.1, 0.15) is 10.6 Å². The van der Waals surface area contributed by atoms with Gasteiger partial charge in [-0.2, -0.15) is 0 Å². The molecular weight excluding hydrogens is 630 g/mol. The molecule has 0 spiro atoms. The standard InChI is InChI=1S/C46H33OP2/c1-6-19-36(20-7-1)47-49(39-25-12-4-13-26-39,40-27-14-5-15-28-40)44-33-35-18-16-17-34-29-30-41-43(32-31-42(44)46(41)45(34)35)48(37-21-8-2-9-22-37)38-23-10-3-11-24-38/h1-33H/q+1. The van der Waals surface area contributed by atoms with Crippen LogP contribution in [-0.2, 0) is 0 Å². The third-order valence-electron chi connectivity index (χ3n) is 9.43. The first-order valence-corrected chi connectivity index (χ1v) is 19.7. The Morgan fingerprint density at radius 2 is 0.898 bits per heavy atom. The molecule has 3 heteroatoms. The number of rotatable bonds is 8. The van der Waals surface area contributed by atoms with E-state index < -0.39 is 15.4 Å². The molecule has 9 aromatic rings. The van der Waals surface area contributed by atoms with Gasteiger partial charge in [0.15, 0.2) is 11.1 Å². The average Bonchev–Trinajstić information content (AvgIpc) is 3.18. The number of para-hydroxylation sites is 1. The van der Waals surface area contributed by atoms with Crippen LogP contribution in [-0.4, -0.2) is 0 Å². The zero-order valence-electron chi connectivity index (χ0n) is 26.9. The molecule has 0 aromatic heterocycles. The summed E-state index contributed by atoms with van der Waals surface area (Å²) >= 11 is 0. The van der Waals surface area contributed by atoms with E-state index in [1.54, 1.807) is 0 Å². The van der Waals surface area contributed by atoms with E-state index in [1.165, 1.54) is 64.1 Å². The van der Waals surface area contributed by atoms with Gasteiger partial charge in [-0.05, 0) is 93.9 Å². The zero-order chi connectivity index (χ0) is 32.6. The minimum absolute atomic E-state index is 0.811. The summed E-state index contributed by atoms with van der Waals surface area (Å²) in [6, 6.07) is 72.8. The quantitative estimate of drug-likeness (QED) is 0.116. The maximum atomic E-state index is 7.52. The van der Waals surface area contributed by atoms with Gasteiger partial charge in [0.05, 0.1) is 0 Å². The summed E-state index contributed by atoms with van der Waals surface area (Å²) in [5.74, 6) is 0.867. The van der Waals surface area contributed by atoms with Crippen LogP contribution in [0.5, 0.6) is 5.75 Å². The molecule has 0 aliphatic heterocycles. The Balaban J connectivity index is 1.42. The number of hydrogen-bond donors (Lipinski definition) is 0. The Labute approximate surface area is 289 Å². The number of hydrogen-bond acceptors (Lipinski definition) is 1. The fraction of sp³-hybridized carbons (Fsp3) is 0. The lowest BCUT2D eigenvalue weighted by molar-refractivity contribution is 0.620. The van der Waals surface area contributed by atoms with E-state index in [9.17, 15) is 0 Å². The van der Waals surface area contributed by atoms with Gasteiger partial charge in [0, 0.05) is 10.8 Å². The van der Waals surface area contributed by atoms with Gasteiger partial charge < -0.3 is 4.52 Å². The molecule has 1 nitrogen and oxygen atoms in total. The largest absolute Gasteiger partial charge is 0.334 e. The Hall–Kier alpha value is -5.32. The summed E-state index contributed by atoms with van der Waals surface area (Å²) in [5.41, 5.74) is 0. The van der Waals surface area contributed by atoms with Crippen molar-refractivity contribution in [2.24, 2.45) is 0 Å². The normalized spacial score (nSPS) is 11.9. The van der Waals surface area contributed by atoms with Crippen molar-refractivity contribution < 1.29 is 4.52 Å². The molecule has 0 saturated carbocycles. The van der Waals surface area contributed by atoms with Crippen LogP contribution >= 0.6 is 15.4 Å². The van der Waals surface area contributed by atoms with Gasteiger partial charge in [-0.15, -0.1) is 0 Å². The van der Waals surface area contributed by atoms with E-state index in [1.807, 2.05) is 0 Å². The predicted molar refractivity (Wildman–Crippen MR) is 215 cm³/mol. The molecule has 0 atom stereocenters. The lowest BCUT2D eigenvalue weighted by atomic mass is 9.94. The molecule has 0 aliphatic rings. The molecule has 0 saturated heterocycles. The highest BCUT2D eigenvalue weighted by Gasteiger charge is 2.51. The Bertz CT molecular complexity index is 2420. The highest BCUT2D eigenvalue weighted by Crippen LogP contribution is 2.58. The van der Waals surface area contributed by atoms with Gasteiger partial charge in [0.25, 0.3) is 7.49 Å². The molecule has 9 rings (SSSR count). The second-order valence-corrected chi connectivity index (χ2v) is 17.4. The maximum absolute atomic E-state index is 7.52. The Morgan fingerprint density at radius 3 is 1.49 bits per heavy atom. The van der Waals surface area contributed by atoms with Gasteiger partial charge in [0.2, 0.25) is 0 Å². The lowest BCUT2D eigenvalue weighted by Gasteiger charge is -2.29. The fourth-order valence-corrected chi connectivity index (χ4v) is 13.4. The summed E-state index contributed by atoms with van der Waals surface area (Å²) in [5, 5.41) is 15.4. The van der Waals surface area contributed by atoms with Crippen LogP contribution in [0.3, 0.4) is 0 Å². The van der Waals surface area contributed by atoms with E-state index in [2.05, 4.69) is 200 Å². The summed E-state index contributed by atoms with van der Waals surface area (Å²) in [4.78, 5) is 0. The zero-order valence-corrected chi connectivity index (χ0v) is 28.6. The third kappa shape index (κ3) is 5.10. The third-order valence-corrected chi connectivity index (χ3v) is 15.5. The van der Waals surface area contributed by atoms with Crippen molar-refractivity contribution in [1.29, 1.82) is 0 Å². The van der Waals surface area contributed by atoms with Gasteiger partial charge >= 0.3 is 0 Å². The van der Waals surface area contributed by atoms with E-state index in [4.69, 9.17) is 4.52 Å². The molecule has 0 N–H and O–H groups in total. The van der Waals surface area contributed by atoms with Crippen molar-refractivity contribution in [3.8, 4) is 5.75 Å². The molecule has 0 radical (unpaired) electrons. The molecular formula is C46H33OP2+. The van der Waals surface area contributed by atoms with Crippen molar-refractivity contribution in [3.63, 3.8) is 0 Å². The summed E-state index contributed by atoms with van der Waals surface area (Å²) in [6.45, 7) is 0. The molecule has 0 amide bonds. The average molecular weight is 664 g/mol. The van der Waals surface area contributed by atoms with Gasteiger partial charge in [-0.25, -0.2) is 0 Å². The maximum Gasteiger partial charge on any atom is 0.288 e. The number of benzene rings is 9. The van der Waals surface area contributed by atoms with Crippen molar-refractivity contribution in [2.75, 3.05) is 0 Å². The Kier molecular flexibility index (Phi) is 7.67. The highest BCUT2D eigenvalue weighted by molar-refractivity contribution is 7.92. The molecule has 0 aliphatic carbocycles. The summed E-state index contributed by atoms with van der Waals surface area (Å²) in [6.07, 6.45) is 0. The van der Waals surface area contributed by atoms with Crippen LogP contribution in [0.25, 0.3) is 32.3 Å². The van der Waals surface area contributed by atoms with E-state index in [-0.39, 0.29) is 0 Å². The first-order valence-electron chi connectivity index (χ1n) is 16.7. The van der Waals surface area contributed by atoms with Crippen LogP contribution in [0.1, 0.15) is 0 Å². The van der Waals surface area contributed by atoms with Crippen molar-refractivity contribution in [3.05, 3.63) is 200 Å². The molecule has 49 heavy (non-hydrogen) atoms. The Morgan fingerprint density at radius 1 is 0.388 bits per heavy atom. The SMILES string of the molecule is c1ccc(O[P+](c2ccccc2)(c2ccccc2)c2cc3cccc4ccc5c(P(c6ccccc6)c6ccccc6)ccc2c5c43)cc1. The van der Waals surface area contributed by atoms with E-state index in [0.29, 0.717) is 0 Å². The van der Waals surface area contributed by atoms with Crippen molar-refractivity contribution >= 4 is 79.6 Å². The molecule has 232 valence electrons. The minimum atomic E-state index is -2.71. The van der Waals surface area contributed by atoms with E-state index in [0.717, 1.165) is 5.75 Å². The first-order chi connectivity index (χ1) is 24.3. The molecule has 0 bridgehead atoms. The van der Waals surface area contributed by atoms with Gasteiger partial charge in [-0.3, -0.25) is 0 Å². The molecule has 0 fully saturated rings. The molecule has 9 aromatic carbocycles. The smallest absolute Gasteiger partial charge is 0.288 e. The highest BCUT2D eigenvalue weighted by atomic mass is 31.2. The summed E-state index contributed by atoms with van der Waals surface area (Å²) < 4.78 is 7.52. The monoisotopic (exact) mass is 663 g/mol. The first kappa shape index (κ1) is 29.8. The lowest BCUT2D eigenvalue weighted by Crippen LogP contribution is -2.35. The van der Waals surface area contributed by atoms with Crippen molar-refractivity contribution in [1.82, 2.24) is 0 Å². The van der Waals surface area contributed by atoms with Crippen LogP contribution in [0.2, 0.25) is 0 Å². The van der Waals surface area contributed by atoms with Crippen LogP contribution in [0.4, 0.5) is 0 Å². The second-order valence-electron chi connectivity index (χ2n) is 12.3. The van der Waals surface area contributed by atoms with Gasteiger partial charge in [-0.1, -0.05) is 152 Å². The predicted octanol–water partition coefficient (Wildman–Crippen LogP) is 9.63. The fourth-order valence-electron chi connectivity index (χ4n) is 7.33. The van der Waals surface area contributed by atoms with Crippen LogP contribution in [0, 0.1) is 0 Å². The minimum Gasteiger partial charge on any atom is -0.334 e.